The van der Waals surface area contributed by atoms with Gasteiger partial charge in [-0.1, -0.05) is 140 Å². The number of carbonyl (C=O) groups excluding carboxylic acids is 2. The third kappa shape index (κ3) is 33.3. The maximum atomic E-state index is 12.6. The smallest absolute Gasteiger partial charge is 0.472 e. The number of unbranched alkanes of at least 4 members (excludes halogenated alkanes) is 14. The molecule has 0 aromatic carbocycles. The summed E-state index contributed by atoms with van der Waals surface area (Å²) >= 11 is 0. The number of esters is 2. The lowest BCUT2D eigenvalue weighted by atomic mass is 10.1. The number of phosphoric ester groups is 1. The molecule has 5 N–H and O–H groups in total. The van der Waals surface area contributed by atoms with Crippen LogP contribution in [0.1, 0.15) is 149 Å². The predicted molar refractivity (Wildman–Crippen MR) is 200 cm³/mol. The highest BCUT2D eigenvalue weighted by molar-refractivity contribution is 7.47. The fraction of sp³-hybridized carbons (Fsp3) is 0.763. The molecule has 0 radical (unpaired) electrons. The van der Waals surface area contributed by atoms with Crippen LogP contribution in [0.25, 0.3) is 0 Å². The van der Waals surface area contributed by atoms with Gasteiger partial charge in [0, 0.05) is 12.8 Å². The standard InChI is InChI=1S/C38H68NO11P/c1-3-5-7-9-11-12-13-14-16-20-24-28-36(41)47-30-34(31-48-51(45,46)49-32-35(39)38(43)44)50-37(42)29-25-21-17-19-23-27-33(40)26-22-18-15-10-8-6-4-2/h6,8,15,18,22,26,33-35,40H,3-5,7,9-14,16-17,19-21,23-25,27-32,39H2,1-2H3,(H,43,44)(H,45,46)/b8-6+,18-15+,26-22+/t33?,34-,35+/m1/s1. The van der Waals surface area contributed by atoms with Gasteiger partial charge in [-0.3, -0.25) is 23.4 Å². The summed E-state index contributed by atoms with van der Waals surface area (Å²) in [7, 11) is -4.73. The number of rotatable bonds is 35. The summed E-state index contributed by atoms with van der Waals surface area (Å²) in [4.78, 5) is 45.7. The molecule has 0 heterocycles. The number of carboxylic acid groups (broad SMARTS) is 1. The minimum absolute atomic E-state index is 0.0923. The van der Waals surface area contributed by atoms with Gasteiger partial charge in [-0.25, -0.2) is 4.57 Å². The van der Waals surface area contributed by atoms with Gasteiger partial charge in [-0.05, 0) is 32.1 Å². The van der Waals surface area contributed by atoms with Crippen LogP contribution in [0.3, 0.4) is 0 Å². The van der Waals surface area contributed by atoms with Crippen molar-refractivity contribution in [3.8, 4) is 0 Å². The van der Waals surface area contributed by atoms with Gasteiger partial charge in [0.2, 0.25) is 0 Å². The van der Waals surface area contributed by atoms with Gasteiger partial charge in [0.25, 0.3) is 0 Å². The number of hydrogen-bond acceptors (Lipinski definition) is 10. The van der Waals surface area contributed by atoms with E-state index >= 15 is 0 Å². The molecule has 0 aromatic heterocycles. The molecule has 0 amide bonds. The lowest BCUT2D eigenvalue weighted by molar-refractivity contribution is -0.161. The molecule has 0 aliphatic carbocycles. The molecule has 2 unspecified atom stereocenters. The predicted octanol–water partition coefficient (Wildman–Crippen LogP) is 8.25. The Balaban J connectivity index is 4.54. The second-order valence-electron chi connectivity index (χ2n) is 12.9. The fourth-order valence-corrected chi connectivity index (χ4v) is 5.73. The Morgan fingerprint density at radius 3 is 1.84 bits per heavy atom. The number of aliphatic hydroxyl groups excluding tert-OH is 1. The summed E-state index contributed by atoms with van der Waals surface area (Å²) in [5, 5.41) is 19.0. The molecule has 4 atom stereocenters. The zero-order valence-electron chi connectivity index (χ0n) is 31.3. The molecule has 51 heavy (non-hydrogen) atoms. The summed E-state index contributed by atoms with van der Waals surface area (Å²) in [6, 6.07) is -1.54. The van der Waals surface area contributed by atoms with Gasteiger partial charge in [0.15, 0.2) is 6.10 Å². The van der Waals surface area contributed by atoms with E-state index in [1.54, 1.807) is 6.08 Å². The zero-order valence-corrected chi connectivity index (χ0v) is 32.2. The van der Waals surface area contributed by atoms with Crippen LogP contribution in [0.5, 0.6) is 0 Å². The molecule has 0 rings (SSSR count). The zero-order chi connectivity index (χ0) is 38.0. The van der Waals surface area contributed by atoms with Crippen molar-refractivity contribution < 1.29 is 52.6 Å². The molecule has 13 heteroatoms. The van der Waals surface area contributed by atoms with Crippen molar-refractivity contribution in [3.05, 3.63) is 36.5 Å². The average molecular weight is 746 g/mol. The molecule has 296 valence electrons. The van der Waals surface area contributed by atoms with Crippen LogP contribution in [0.2, 0.25) is 0 Å². The van der Waals surface area contributed by atoms with E-state index in [9.17, 15) is 28.9 Å². The Kier molecular flexibility index (Phi) is 32.0. The molecule has 12 nitrogen and oxygen atoms in total. The average Bonchev–Trinajstić information content (AvgIpc) is 3.09. The molecule has 0 saturated heterocycles. The molecule has 0 aliphatic rings. The lowest BCUT2D eigenvalue weighted by Gasteiger charge is -2.20. The number of phosphoric acid groups is 1. The van der Waals surface area contributed by atoms with Crippen molar-refractivity contribution in [2.45, 2.75) is 167 Å². The highest BCUT2D eigenvalue weighted by Crippen LogP contribution is 2.43. The van der Waals surface area contributed by atoms with Gasteiger partial charge < -0.3 is 30.3 Å². The van der Waals surface area contributed by atoms with E-state index in [1.807, 2.05) is 18.2 Å². The van der Waals surface area contributed by atoms with Crippen LogP contribution in [-0.2, 0) is 37.5 Å². The second-order valence-corrected chi connectivity index (χ2v) is 14.3. The quantitative estimate of drug-likeness (QED) is 0.0160. The minimum Gasteiger partial charge on any atom is -0.480 e. The van der Waals surface area contributed by atoms with Crippen molar-refractivity contribution in [3.63, 3.8) is 0 Å². The molecular formula is C38H68NO11P. The van der Waals surface area contributed by atoms with Crippen LogP contribution in [-0.4, -0.2) is 71.1 Å². The van der Waals surface area contributed by atoms with Crippen molar-refractivity contribution in [1.82, 2.24) is 0 Å². The molecule has 0 fully saturated rings. The number of aliphatic carboxylic acids is 1. The molecule has 0 spiro atoms. The van der Waals surface area contributed by atoms with Crippen LogP contribution < -0.4 is 5.73 Å². The largest absolute Gasteiger partial charge is 0.480 e. The monoisotopic (exact) mass is 745 g/mol. The van der Waals surface area contributed by atoms with Gasteiger partial charge in [-0.15, -0.1) is 0 Å². The van der Waals surface area contributed by atoms with Crippen LogP contribution >= 0.6 is 7.82 Å². The number of carboxylic acids is 1. The summed E-state index contributed by atoms with van der Waals surface area (Å²) < 4.78 is 32.5. The fourth-order valence-electron chi connectivity index (χ4n) is 4.95. The third-order valence-electron chi connectivity index (χ3n) is 8.01. The summed E-state index contributed by atoms with van der Waals surface area (Å²) in [6.07, 6.45) is 29.5. The van der Waals surface area contributed by atoms with E-state index in [2.05, 4.69) is 30.5 Å². The highest BCUT2D eigenvalue weighted by Gasteiger charge is 2.28. The number of nitrogens with two attached hydrogens (primary N) is 1. The highest BCUT2D eigenvalue weighted by atomic mass is 31.2. The first-order chi connectivity index (χ1) is 24.5. The summed E-state index contributed by atoms with van der Waals surface area (Å²) in [5.41, 5.74) is 5.31. The van der Waals surface area contributed by atoms with Gasteiger partial charge in [-0.2, -0.15) is 0 Å². The maximum Gasteiger partial charge on any atom is 0.472 e. The number of aliphatic hydroxyl groups is 1. The van der Waals surface area contributed by atoms with E-state index < -0.39 is 57.2 Å². The van der Waals surface area contributed by atoms with E-state index in [4.69, 9.17) is 24.8 Å². The van der Waals surface area contributed by atoms with Gasteiger partial charge in [0.1, 0.15) is 12.6 Å². The maximum absolute atomic E-state index is 12.6. The normalized spacial score (nSPS) is 14.9. The topological polar surface area (TPSA) is 192 Å². The van der Waals surface area contributed by atoms with Crippen molar-refractivity contribution in [1.29, 1.82) is 0 Å². The number of ether oxygens (including phenoxy) is 2. The number of carbonyl (C=O) groups is 3. The SMILES string of the molecule is CC/C=C/C/C=C/C=C/C(O)CCCCCCCC(=O)O[C@H](COC(=O)CCCCCCCCCCCCC)COP(=O)(O)OC[C@H](N)C(=O)O. The Hall–Kier alpha value is -2.34. The van der Waals surface area contributed by atoms with E-state index in [0.717, 1.165) is 57.8 Å². The van der Waals surface area contributed by atoms with Gasteiger partial charge in [0.05, 0.1) is 19.3 Å². The van der Waals surface area contributed by atoms with Crippen molar-refractivity contribution in [2.75, 3.05) is 19.8 Å². The molecule has 0 bridgehead atoms. The Morgan fingerprint density at radius 2 is 1.25 bits per heavy atom. The van der Waals surface area contributed by atoms with E-state index in [-0.39, 0.29) is 19.4 Å². The minimum atomic E-state index is -4.73. The van der Waals surface area contributed by atoms with Crippen molar-refractivity contribution >= 4 is 25.7 Å². The first-order valence-corrected chi connectivity index (χ1v) is 20.6. The first kappa shape index (κ1) is 48.7. The lowest BCUT2D eigenvalue weighted by Crippen LogP contribution is -2.34. The first-order valence-electron chi connectivity index (χ1n) is 19.1. The van der Waals surface area contributed by atoms with Gasteiger partial charge >= 0.3 is 25.7 Å². The Bertz CT molecular complexity index is 1030. The van der Waals surface area contributed by atoms with Crippen LogP contribution in [0.15, 0.2) is 36.5 Å². The van der Waals surface area contributed by atoms with E-state index in [0.29, 0.717) is 19.3 Å². The number of hydrogen-bond donors (Lipinski definition) is 4. The van der Waals surface area contributed by atoms with E-state index in [1.165, 1.54) is 44.9 Å². The molecule has 0 aromatic rings. The molecule has 0 aliphatic heterocycles. The second kappa shape index (κ2) is 33.5. The summed E-state index contributed by atoms with van der Waals surface area (Å²) in [5.74, 6) is -2.47. The third-order valence-corrected chi connectivity index (χ3v) is 8.96. The van der Waals surface area contributed by atoms with Crippen LogP contribution in [0, 0.1) is 0 Å². The van der Waals surface area contributed by atoms with Crippen molar-refractivity contribution in [2.24, 2.45) is 5.73 Å². The Morgan fingerprint density at radius 1 is 0.706 bits per heavy atom. The Labute approximate surface area is 306 Å². The molecular weight excluding hydrogens is 677 g/mol. The number of allylic oxidation sites excluding steroid dienone is 5. The summed E-state index contributed by atoms with van der Waals surface area (Å²) in [6.45, 7) is 2.54. The molecule has 0 saturated carbocycles. The van der Waals surface area contributed by atoms with Crippen LogP contribution in [0.4, 0.5) is 0 Å².